The van der Waals surface area contributed by atoms with Gasteiger partial charge in [-0.1, -0.05) is 11.8 Å². The van der Waals surface area contributed by atoms with Crippen molar-refractivity contribution in [2.75, 3.05) is 11.1 Å². The first-order valence-corrected chi connectivity index (χ1v) is 6.67. The molecule has 0 spiro atoms. The van der Waals surface area contributed by atoms with Crippen LogP contribution in [0.5, 0.6) is 0 Å². The highest BCUT2D eigenvalue weighted by atomic mass is 32.2. The summed E-state index contributed by atoms with van der Waals surface area (Å²) in [7, 11) is 0. The van der Waals surface area contributed by atoms with Crippen LogP contribution in [0.25, 0.3) is 0 Å². The van der Waals surface area contributed by atoms with Gasteiger partial charge in [-0.05, 0) is 30.3 Å². The summed E-state index contributed by atoms with van der Waals surface area (Å²) in [5.41, 5.74) is 0.727. The molecule has 0 saturated carbocycles. The van der Waals surface area contributed by atoms with Crippen LogP contribution >= 0.6 is 11.8 Å². The van der Waals surface area contributed by atoms with Gasteiger partial charge in [0, 0.05) is 18.1 Å². The SMILES string of the molecule is O=C(CSc1ncccn1)Nc1ccc(C(=O)O)cc1. The number of carbonyl (C=O) groups is 2. The van der Waals surface area contributed by atoms with E-state index in [4.69, 9.17) is 5.11 Å². The third-order valence-corrected chi connectivity index (χ3v) is 3.17. The molecule has 1 aromatic carbocycles. The van der Waals surface area contributed by atoms with Gasteiger partial charge in [-0.2, -0.15) is 0 Å². The number of carboxylic acid groups (broad SMARTS) is 1. The number of thioether (sulfide) groups is 1. The number of aromatic carboxylic acids is 1. The second-order valence-electron chi connectivity index (χ2n) is 3.75. The molecule has 0 aliphatic heterocycles. The number of anilines is 1. The van der Waals surface area contributed by atoms with E-state index in [2.05, 4.69) is 15.3 Å². The Balaban J connectivity index is 1.86. The number of hydrogen-bond acceptors (Lipinski definition) is 5. The van der Waals surface area contributed by atoms with Crippen molar-refractivity contribution in [3.8, 4) is 0 Å². The Morgan fingerprint density at radius 3 is 2.40 bits per heavy atom. The van der Waals surface area contributed by atoms with E-state index in [9.17, 15) is 9.59 Å². The van der Waals surface area contributed by atoms with Crippen molar-refractivity contribution in [3.63, 3.8) is 0 Å². The smallest absolute Gasteiger partial charge is 0.335 e. The first kappa shape index (κ1) is 14.0. The molecule has 0 fully saturated rings. The van der Waals surface area contributed by atoms with Crippen LogP contribution in [-0.4, -0.2) is 32.7 Å². The van der Waals surface area contributed by atoms with E-state index in [0.29, 0.717) is 10.8 Å². The largest absolute Gasteiger partial charge is 0.478 e. The van der Waals surface area contributed by atoms with Crippen LogP contribution in [0.3, 0.4) is 0 Å². The van der Waals surface area contributed by atoms with E-state index < -0.39 is 5.97 Å². The fourth-order valence-corrected chi connectivity index (χ4v) is 1.99. The maximum atomic E-state index is 11.7. The van der Waals surface area contributed by atoms with Gasteiger partial charge >= 0.3 is 5.97 Å². The van der Waals surface area contributed by atoms with E-state index in [1.165, 1.54) is 23.9 Å². The number of carboxylic acids is 1. The number of nitrogens with zero attached hydrogens (tertiary/aromatic N) is 2. The predicted octanol–water partition coefficient (Wildman–Crippen LogP) is 1.91. The number of aromatic nitrogens is 2. The number of carbonyl (C=O) groups excluding carboxylic acids is 1. The van der Waals surface area contributed by atoms with E-state index in [0.717, 1.165) is 0 Å². The van der Waals surface area contributed by atoms with Gasteiger partial charge in [0.2, 0.25) is 5.91 Å². The Hall–Kier alpha value is -2.41. The lowest BCUT2D eigenvalue weighted by Crippen LogP contribution is -2.14. The van der Waals surface area contributed by atoms with Crippen LogP contribution in [0, 0.1) is 0 Å². The van der Waals surface area contributed by atoms with Gasteiger partial charge in [0.1, 0.15) is 0 Å². The molecular weight excluding hydrogens is 278 g/mol. The molecule has 1 heterocycles. The van der Waals surface area contributed by atoms with Crippen LogP contribution < -0.4 is 5.32 Å². The molecule has 0 atom stereocenters. The van der Waals surface area contributed by atoms with Crippen molar-refractivity contribution >= 4 is 29.3 Å². The first-order chi connectivity index (χ1) is 9.65. The summed E-state index contributed by atoms with van der Waals surface area (Å²) in [4.78, 5) is 30.4. The van der Waals surface area contributed by atoms with Crippen LogP contribution in [0.1, 0.15) is 10.4 Å². The van der Waals surface area contributed by atoms with Gasteiger partial charge in [0.25, 0.3) is 0 Å². The summed E-state index contributed by atoms with van der Waals surface area (Å²) in [5, 5.41) is 12.0. The summed E-state index contributed by atoms with van der Waals surface area (Å²) >= 11 is 1.23. The summed E-state index contributed by atoms with van der Waals surface area (Å²) < 4.78 is 0. The Labute approximate surface area is 119 Å². The fraction of sp³-hybridized carbons (Fsp3) is 0.0769. The number of rotatable bonds is 5. The molecule has 0 saturated heterocycles. The highest BCUT2D eigenvalue weighted by Gasteiger charge is 2.06. The number of hydrogen-bond donors (Lipinski definition) is 2. The molecule has 1 amide bonds. The molecule has 102 valence electrons. The molecule has 20 heavy (non-hydrogen) atoms. The minimum absolute atomic E-state index is 0.176. The normalized spacial score (nSPS) is 10.0. The van der Waals surface area contributed by atoms with Crippen LogP contribution in [0.2, 0.25) is 0 Å². The van der Waals surface area contributed by atoms with Crippen molar-refractivity contribution in [1.29, 1.82) is 0 Å². The van der Waals surface area contributed by atoms with E-state index in [-0.39, 0.29) is 17.2 Å². The summed E-state index contributed by atoms with van der Waals surface area (Å²) in [6.07, 6.45) is 3.22. The van der Waals surface area contributed by atoms with E-state index in [1.807, 2.05) is 0 Å². The third-order valence-electron chi connectivity index (χ3n) is 2.29. The predicted molar refractivity (Wildman–Crippen MR) is 74.8 cm³/mol. The molecule has 2 N–H and O–H groups in total. The van der Waals surface area contributed by atoms with Crippen molar-refractivity contribution in [3.05, 3.63) is 48.3 Å². The van der Waals surface area contributed by atoms with Crippen LogP contribution in [-0.2, 0) is 4.79 Å². The maximum Gasteiger partial charge on any atom is 0.335 e. The summed E-state index contributed by atoms with van der Waals surface area (Å²) in [6.45, 7) is 0. The fourth-order valence-electron chi connectivity index (χ4n) is 1.38. The first-order valence-electron chi connectivity index (χ1n) is 5.68. The Morgan fingerprint density at radius 2 is 1.80 bits per heavy atom. The van der Waals surface area contributed by atoms with Crippen molar-refractivity contribution in [1.82, 2.24) is 9.97 Å². The molecule has 2 rings (SSSR count). The zero-order chi connectivity index (χ0) is 14.4. The van der Waals surface area contributed by atoms with Crippen LogP contribution in [0.4, 0.5) is 5.69 Å². The molecule has 0 radical (unpaired) electrons. The summed E-state index contributed by atoms with van der Waals surface area (Å²) in [6, 6.07) is 7.67. The van der Waals surface area contributed by atoms with Gasteiger partial charge in [0.15, 0.2) is 5.16 Å². The number of benzene rings is 1. The Kier molecular flexibility index (Phi) is 4.67. The van der Waals surface area contributed by atoms with E-state index >= 15 is 0 Å². The molecule has 1 aromatic heterocycles. The van der Waals surface area contributed by atoms with Crippen molar-refractivity contribution in [2.24, 2.45) is 0 Å². The molecule has 0 aliphatic carbocycles. The molecule has 0 unspecified atom stereocenters. The lowest BCUT2D eigenvalue weighted by atomic mass is 10.2. The Bertz CT molecular complexity index is 602. The molecule has 2 aromatic rings. The standard InChI is InChI=1S/C13H11N3O3S/c17-11(8-20-13-14-6-1-7-15-13)16-10-4-2-9(3-5-10)12(18)19/h1-7H,8H2,(H,16,17)(H,18,19). The highest BCUT2D eigenvalue weighted by molar-refractivity contribution is 7.99. The second kappa shape index (κ2) is 6.67. The minimum atomic E-state index is -1.00. The molecular formula is C13H11N3O3S. The van der Waals surface area contributed by atoms with Gasteiger partial charge in [0.05, 0.1) is 11.3 Å². The summed E-state index contributed by atoms with van der Waals surface area (Å²) in [5.74, 6) is -1.02. The average Bonchev–Trinajstić information content (AvgIpc) is 2.47. The highest BCUT2D eigenvalue weighted by Crippen LogP contribution is 2.13. The van der Waals surface area contributed by atoms with Gasteiger partial charge < -0.3 is 10.4 Å². The Morgan fingerprint density at radius 1 is 1.15 bits per heavy atom. The van der Waals surface area contributed by atoms with Gasteiger partial charge in [-0.15, -0.1) is 0 Å². The second-order valence-corrected chi connectivity index (χ2v) is 4.69. The topological polar surface area (TPSA) is 92.2 Å². The zero-order valence-electron chi connectivity index (χ0n) is 10.3. The average molecular weight is 289 g/mol. The zero-order valence-corrected chi connectivity index (χ0v) is 11.1. The van der Waals surface area contributed by atoms with Crippen molar-refractivity contribution < 1.29 is 14.7 Å². The lowest BCUT2D eigenvalue weighted by molar-refractivity contribution is -0.113. The third kappa shape index (κ3) is 4.06. The molecule has 7 heteroatoms. The molecule has 6 nitrogen and oxygen atoms in total. The maximum absolute atomic E-state index is 11.7. The monoisotopic (exact) mass is 289 g/mol. The van der Waals surface area contributed by atoms with Crippen molar-refractivity contribution in [2.45, 2.75) is 5.16 Å². The quantitative estimate of drug-likeness (QED) is 0.645. The molecule has 0 bridgehead atoms. The van der Waals surface area contributed by atoms with Crippen LogP contribution in [0.15, 0.2) is 47.9 Å². The minimum Gasteiger partial charge on any atom is -0.478 e. The number of nitrogens with one attached hydrogen (secondary N) is 1. The van der Waals surface area contributed by atoms with Gasteiger partial charge in [-0.3, -0.25) is 4.79 Å². The van der Waals surface area contributed by atoms with Gasteiger partial charge in [-0.25, -0.2) is 14.8 Å². The molecule has 0 aliphatic rings. The van der Waals surface area contributed by atoms with E-state index in [1.54, 1.807) is 30.6 Å². The number of amides is 1. The lowest BCUT2D eigenvalue weighted by Gasteiger charge is -2.04.